The zero-order chi connectivity index (χ0) is 18.9. The van der Waals surface area contributed by atoms with E-state index in [0.717, 1.165) is 18.6 Å². The zero-order valence-corrected chi connectivity index (χ0v) is 15.4. The van der Waals surface area contributed by atoms with Crippen molar-refractivity contribution in [2.45, 2.75) is 19.3 Å². The van der Waals surface area contributed by atoms with Crippen molar-refractivity contribution in [2.24, 2.45) is 5.41 Å². The average Bonchev–Trinajstić information content (AvgIpc) is 3.23. The van der Waals surface area contributed by atoms with Crippen LogP contribution in [0.3, 0.4) is 0 Å². The second-order valence-corrected chi connectivity index (χ2v) is 8.02. The number of nitrogens with zero attached hydrogens (tertiary/aromatic N) is 2. The van der Waals surface area contributed by atoms with Crippen LogP contribution in [0.25, 0.3) is 0 Å². The normalized spacial score (nSPS) is 22.5. The molecule has 8 heteroatoms. The zero-order valence-electron chi connectivity index (χ0n) is 14.6. The number of carbonyl (C=O) groups is 2. The molecule has 2 amide bonds. The smallest absolute Gasteiger partial charge is 0.256 e. The Bertz CT molecular complexity index is 731. The fourth-order valence-electron chi connectivity index (χ4n) is 3.79. The predicted molar refractivity (Wildman–Crippen MR) is 93.5 cm³/mol. The highest BCUT2D eigenvalue weighted by molar-refractivity contribution is 7.98. The lowest BCUT2D eigenvalue weighted by molar-refractivity contribution is -0.130. The molecule has 0 saturated carbocycles. The SMILES string of the molecule is CSCCC(=O)N1CCC2(CCN(C(=O)c3cc(F)c(F)cc3F)C2)C1. The molecule has 4 nitrogen and oxygen atoms in total. The van der Waals surface area contributed by atoms with Crippen LogP contribution in [0.1, 0.15) is 29.6 Å². The Morgan fingerprint density at radius 2 is 1.65 bits per heavy atom. The monoisotopic (exact) mass is 386 g/mol. The van der Waals surface area contributed by atoms with Gasteiger partial charge in [-0.15, -0.1) is 0 Å². The second kappa shape index (κ2) is 7.50. The van der Waals surface area contributed by atoms with Gasteiger partial charge in [-0.25, -0.2) is 13.2 Å². The predicted octanol–water partition coefficient (Wildman–Crippen LogP) is 2.92. The van der Waals surface area contributed by atoms with Crippen LogP contribution in [0.15, 0.2) is 12.1 Å². The maximum Gasteiger partial charge on any atom is 0.256 e. The van der Waals surface area contributed by atoms with E-state index in [4.69, 9.17) is 0 Å². The van der Waals surface area contributed by atoms with Gasteiger partial charge in [0.1, 0.15) is 5.82 Å². The average molecular weight is 386 g/mol. The van der Waals surface area contributed by atoms with Crippen LogP contribution in [0.4, 0.5) is 13.2 Å². The van der Waals surface area contributed by atoms with Crippen LogP contribution in [0.2, 0.25) is 0 Å². The maximum atomic E-state index is 13.9. The van der Waals surface area contributed by atoms with Crippen molar-refractivity contribution in [2.75, 3.05) is 38.2 Å². The van der Waals surface area contributed by atoms with Crippen LogP contribution in [0, 0.1) is 22.9 Å². The molecule has 1 atom stereocenters. The minimum Gasteiger partial charge on any atom is -0.342 e. The maximum absolute atomic E-state index is 13.9. The summed E-state index contributed by atoms with van der Waals surface area (Å²) in [5.74, 6) is -3.35. The van der Waals surface area contributed by atoms with E-state index in [1.165, 1.54) is 4.90 Å². The van der Waals surface area contributed by atoms with E-state index in [2.05, 4.69) is 0 Å². The van der Waals surface area contributed by atoms with Gasteiger partial charge in [0.05, 0.1) is 5.56 Å². The van der Waals surface area contributed by atoms with Crippen molar-refractivity contribution >= 4 is 23.6 Å². The minimum atomic E-state index is -1.31. The molecule has 2 heterocycles. The number of carbonyl (C=O) groups excluding carboxylic acids is 2. The van der Waals surface area contributed by atoms with E-state index in [1.807, 2.05) is 11.2 Å². The van der Waals surface area contributed by atoms with Gasteiger partial charge in [-0.05, 0) is 25.2 Å². The van der Waals surface area contributed by atoms with Gasteiger partial charge in [0.15, 0.2) is 11.6 Å². The highest BCUT2D eigenvalue weighted by Gasteiger charge is 2.46. The summed E-state index contributed by atoms with van der Waals surface area (Å²) in [6, 6.07) is 1.01. The first-order valence-corrected chi connectivity index (χ1v) is 9.95. The number of hydrogen-bond donors (Lipinski definition) is 0. The fraction of sp³-hybridized carbons (Fsp3) is 0.556. The topological polar surface area (TPSA) is 40.6 Å². The van der Waals surface area contributed by atoms with Crippen molar-refractivity contribution in [1.29, 1.82) is 0 Å². The Balaban J connectivity index is 1.66. The Hall–Kier alpha value is -1.70. The molecule has 0 N–H and O–H groups in total. The summed E-state index contributed by atoms with van der Waals surface area (Å²) >= 11 is 1.62. The highest BCUT2D eigenvalue weighted by atomic mass is 32.2. The number of rotatable bonds is 4. The summed E-state index contributed by atoms with van der Waals surface area (Å²) in [4.78, 5) is 28.1. The van der Waals surface area contributed by atoms with E-state index < -0.39 is 28.9 Å². The third-order valence-corrected chi connectivity index (χ3v) is 5.89. The number of halogens is 3. The molecule has 0 aromatic heterocycles. The van der Waals surface area contributed by atoms with E-state index in [9.17, 15) is 22.8 Å². The first kappa shape index (κ1) is 19.1. The third-order valence-electron chi connectivity index (χ3n) is 5.28. The molecule has 0 aliphatic carbocycles. The van der Waals surface area contributed by atoms with Gasteiger partial charge in [-0.1, -0.05) is 0 Å². The molecular formula is C18H21F3N2O2S. The molecule has 2 aliphatic heterocycles. The van der Waals surface area contributed by atoms with Crippen LogP contribution >= 0.6 is 11.8 Å². The molecule has 1 spiro atoms. The molecule has 26 heavy (non-hydrogen) atoms. The van der Waals surface area contributed by atoms with E-state index in [1.54, 1.807) is 11.8 Å². The molecule has 3 rings (SSSR count). The summed E-state index contributed by atoms with van der Waals surface area (Å²) < 4.78 is 40.3. The summed E-state index contributed by atoms with van der Waals surface area (Å²) in [7, 11) is 0. The van der Waals surface area contributed by atoms with Crippen molar-refractivity contribution in [3.8, 4) is 0 Å². The van der Waals surface area contributed by atoms with E-state index in [-0.39, 0.29) is 11.3 Å². The molecule has 1 aromatic carbocycles. The lowest BCUT2D eigenvalue weighted by atomic mass is 9.86. The molecule has 142 valence electrons. The van der Waals surface area contributed by atoms with Gasteiger partial charge in [0.2, 0.25) is 5.91 Å². The molecular weight excluding hydrogens is 365 g/mol. The standard InChI is InChI=1S/C18H21F3N2O2S/c1-26-7-2-16(24)22-5-3-18(10-22)4-6-23(11-18)17(25)12-8-14(20)15(21)9-13(12)19/h8-9H,2-7,10-11H2,1H3. The molecule has 1 unspecified atom stereocenters. The summed E-state index contributed by atoms with van der Waals surface area (Å²) in [6.07, 6.45) is 3.97. The second-order valence-electron chi connectivity index (χ2n) is 7.03. The lowest BCUT2D eigenvalue weighted by Gasteiger charge is -2.25. The molecule has 2 fully saturated rings. The van der Waals surface area contributed by atoms with Crippen LogP contribution in [0.5, 0.6) is 0 Å². The number of likely N-dealkylation sites (tertiary alicyclic amines) is 2. The van der Waals surface area contributed by atoms with Gasteiger partial charge in [0, 0.05) is 49.8 Å². The van der Waals surface area contributed by atoms with Crippen LogP contribution in [-0.2, 0) is 4.79 Å². The number of hydrogen-bond acceptors (Lipinski definition) is 3. The Morgan fingerprint density at radius 3 is 2.35 bits per heavy atom. The van der Waals surface area contributed by atoms with Gasteiger partial charge < -0.3 is 9.80 Å². The van der Waals surface area contributed by atoms with Crippen LogP contribution in [-0.4, -0.2) is 59.8 Å². The minimum absolute atomic E-state index is 0.118. The number of thioether (sulfide) groups is 1. The van der Waals surface area contributed by atoms with E-state index in [0.29, 0.717) is 44.7 Å². The molecule has 0 bridgehead atoms. The molecule has 2 saturated heterocycles. The first-order valence-electron chi connectivity index (χ1n) is 8.56. The number of benzene rings is 1. The van der Waals surface area contributed by atoms with E-state index >= 15 is 0 Å². The van der Waals surface area contributed by atoms with Crippen molar-refractivity contribution in [1.82, 2.24) is 9.80 Å². The van der Waals surface area contributed by atoms with Gasteiger partial charge in [-0.3, -0.25) is 9.59 Å². The Kier molecular flexibility index (Phi) is 5.50. The Morgan fingerprint density at radius 1 is 1.04 bits per heavy atom. The van der Waals surface area contributed by atoms with Crippen LogP contribution < -0.4 is 0 Å². The van der Waals surface area contributed by atoms with Gasteiger partial charge >= 0.3 is 0 Å². The summed E-state index contributed by atoms with van der Waals surface area (Å²) in [6.45, 7) is 2.07. The summed E-state index contributed by atoms with van der Waals surface area (Å²) in [5.41, 5.74) is -0.633. The Labute approximate surface area is 154 Å². The van der Waals surface area contributed by atoms with Crippen molar-refractivity contribution < 1.29 is 22.8 Å². The van der Waals surface area contributed by atoms with Crippen molar-refractivity contribution in [3.05, 3.63) is 35.1 Å². The highest BCUT2D eigenvalue weighted by Crippen LogP contribution is 2.40. The largest absolute Gasteiger partial charge is 0.342 e. The van der Waals surface area contributed by atoms with Gasteiger partial charge in [-0.2, -0.15) is 11.8 Å². The van der Waals surface area contributed by atoms with Gasteiger partial charge in [0.25, 0.3) is 5.91 Å². The molecule has 0 radical (unpaired) electrons. The first-order chi connectivity index (χ1) is 12.3. The quantitative estimate of drug-likeness (QED) is 0.747. The summed E-state index contributed by atoms with van der Waals surface area (Å²) in [5, 5.41) is 0. The van der Waals surface area contributed by atoms with Crippen molar-refractivity contribution in [3.63, 3.8) is 0 Å². The molecule has 2 aliphatic rings. The lowest BCUT2D eigenvalue weighted by Crippen LogP contribution is -2.36. The number of amides is 2. The fourth-order valence-corrected chi connectivity index (χ4v) is 4.17. The molecule has 1 aromatic rings. The third kappa shape index (κ3) is 3.70.